The van der Waals surface area contributed by atoms with Crippen molar-refractivity contribution in [3.8, 4) is 5.75 Å². The van der Waals surface area contributed by atoms with Gasteiger partial charge in [-0.3, -0.25) is 0 Å². The van der Waals surface area contributed by atoms with E-state index in [-0.39, 0.29) is 6.61 Å². The van der Waals surface area contributed by atoms with Crippen LogP contribution in [0.25, 0.3) is 0 Å². The molecule has 0 radical (unpaired) electrons. The summed E-state index contributed by atoms with van der Waals surface area (Å²) in [5.74, 6) is 0.870. The van der Waals surface area contributed by atoms with Gasteiger partial charge in [0.25, 0.3) is 0 Å². The van der Waals surface area contributed by atoms with Gasteiger partial charge < -0.3 is 9.84 Å². The van der Waals surface area contributed by atoms with Crippen molar-refractivity contribution in [2.75, 3.05) is 13.7 Å². The second kappa shape index (κ2) is 5.38. The number of aliphatic hydroxyl groups is 1. The molecule has 2 nitrogen and oxygen atoms in total. The molecule has 70 valence electrons. The van der Waals surface area contributed by atoms with Crippen molar-refractivity contribution in [1.82, 2.24) is 0 Å². The standard InChI is InChI=1S/C11H14O2/c1-13-11-7-5-10(6-8-11)4-2-3-9-12/h2-3,5-8,12H,4,9H2,1H3. The smallest absolute Gasteiger partial charge is 0.118 e. The van der Waals surface area contributed by atoms with Crippen molar-refractivity contribution in [3.05, 3.63) is 42.0 Å². The summed E-state index contributed by atoms with van der Waals surface area (Å²) >= 11 is 0. The number of hydrogen-bond donors (Lipinski definition) is 1. The first-order valence-electron chi connectivity index (χ1n) is 4.25. The van der Waals surface area contributed by atoms with E-state index in [0.29, 0.717) is 0 Å². The first-order valence-corrected chi connectivity index (χ1v) is 4.25. The summed E-state index contributed by atoms with van der Waals surface area (Å²) in [6.45, 7) is 0.107. The molecule has 0 saturated carbocycles. The summed E-state index contributed by atoms with van der Waals surface area (Å²) < 4.78 is 5.04. The van der Waals surface area contributed by atoms with E-state index in [2.05, 4.69) is 0 Å². The Hall–Kier alpha value is -1.28. The molecule has 1 aromatic rings. The molecule has 0 fully saturated rings. The van der Waals surface area contributed by atoms with Crippen LogP contribution in [0.1, 0.15) is 5.56 Å². The second-order valence-corrected chi connectivity index (χ2v) is 2.71. The molecule has 1 aromatic carbocycles. The number of hydrogen-bond acceptors (Lipinski definition) is 2. The highest BCUT2D eigenvalue weighted by Crippen LogP contribution is 2.11. The van der Waals surface area contributed by atoms with Crippen molar-refractivity contribution in [1.29, 1.82) is 0 Å². The molecule has 0 spiro atoms. The van der Waals surface area contributed by atoms with E-state index >= 15 is 0 Å². The molecule has 0 aromatic heterocycles. The first kappa shape index (κ1) is 9.81. The first-order chi connectivity index (χ1) is 6.36. The van der Waals surface area contributed by atoms with Gasteiger partial charge in [-0.1, -0.05) is 24.3 Å². The highest BCUT2D eigenvalue weighted by molar-refractivity contribution is 5.28. The number of allylic oxidation sites excluding steroid dienone is 1. The molecule has 13 heavy (non-hydrogen) atoms. The molecular weight excluding hydrogens is 164 g/mol. The lowest BCUT2D eigenvalue weighted by Gasteiger charge is -2.00. The Kier molecular flexibility index (Phi) is 4.06. The van der Waals surface area contributed by atoms with E-state index in [9.17, 15) is 0 Å². The zero-order chi connectivity index (χ0) is 9.52. The fraction of sp³-hybridized carbons (Fsp3) is 0.273. The lowest BCUT2D eigenvalue weighted by molar-refractivity contribution is 0.342. The van der Waals surface area contributed by atoms with Gasteiger partial charge in [0.05, 0.1) is 13.7 Å². The Bertz CT molecular complexity index is 262. The van der Waals surface area contributed by atoms with Crippen LogP contribution < -0.4 is 4.74 Å². The molecule has 0 aliphatic carbocycles. The quantitative estimate of drug-likeness (QED) is 0.712. The van der Waals surface area contributed by atoms with Gasteiger partial charge in [0, 0.05) is 0 Å². The summed E-state index contributed by atoms with van der Waals surface area (Å²) in [5.41, 5.74) is 1.21. The lowest BCUT2D eigenvalue weighted by Crippen LogP contribution is -1.84. The van der Waals surface area contributed by atoms with Crippen LogP contribution in [0.5, 0.6) is 5.75 Å². The maximum absolute atomic E-state index is 8.52. The molecule has 0 atom stereocenters. The Labute approximate surface area is 78.5 Å². The van der Waals surface area contributed by atoms with E-state index in [0.717, 1.165) is 12.2 Å². The van der Waals surface area contributed by atoms with E-state index < -0.39 is 0 Å². The van der Waals surface area contributed by atoms with Gasteiger partial charge in [0.2, 0.25) is 0 Å². The molecular formula is C11H14O2. The van der Waals surface area contributed by atoms with Crippen molar-refractivity contribution >= 4 is 0 Å². The van der Waals surface area contributed by atoms with Crippen molar-refractivity contribution < 1.29 is 9.84 Å². The van der Waals surface area contributed by atoms with E-state index in [1.807, 2.05) is 30.3 Å². The molecule has 0 unspecified atom stereocenters. The molecule has 1 rings (SSSR count). The number of methoxy groups -OCH3 is 1. The zero-order valence-electron chi connectivity index (χ0n) is 7.73. The number of aliphatic hydroxyl groups excluding tert-OH is 1. The fourth-order valence-corrected chi connectivity index (χ4v) is 1.06. The molecule has 0 amide bonds. The summed E-state index contributed by atoms with van der Waals surface area (Å²) in [6, 6.07) is 7.89. The zero-order valence-corrected chi connectivity index (χ0v) is 7.73. The van der Waals surface area contributed by atoms with Crippen LogP contribution in [-0.4, -0.2) is 18.8 Å². The average molecular weight is 178 g/mol. The van der Waals surface area contributed by atoms with Crippen LogP contribution in [-0.2, 0) is 6.42 Å². The normalized spacial score (nSPS) is 10.6. The summed E-state index contributed by atoms with van der Waals surface area (Å²) in [6.07, 6.45) is 4.54. The molecule has 1 N–H and O–H groups in total. The van der Waals surface area contributed by atoms with Crippen molar-refractivity contribution in [2.45, 2.75) is 6.42 Å². The number of benzene rings is 1. The largest absolute Gasteiger partial charge is 0.497 e. The molecule has 0 heterocycles. The Morgan fingerprint density at radius 1 is 1.23 bits per heavy atom. The van der Waals surface area contributed by atoms with Crippen molar-refractivity contribution in [2.24, 2.45) is 0 Å². The monoisotopic (exact) mass is 178 g/mol. The Morgan fingerprint density at radius 2 is 1.92 bits per heavy atom. The van der Waals surface area contributed by atoms with Gasteiger partial charge in [-0.25, -0.2) is 0 Å². The van der Waals surface area contributed by atoms with Gasteiger partial charge in [-0.2, -0.15) is 0 Å². The third-order valence-corrected chi connectivity index (χ3v) is 1.78. The molecule has 0 aliphatic rings. The van der Waals surface area contributed by atoms with Crippen LogP contribution in [0.2, 0.25) is 0 Å². The summed E-state index contributed by atoms with van der Waals surface area (Å²) in [4.78, 5) is 0. The minimum atomic E-state index is 0.107. The van der Waals surface area contributed by atoms with Gasteiger partial charge in [0.15, 0.2) is 0 Å². The van der Waals surface area contributed by atoms with Gasteiger partial charge in [-0.15, -0.1) is 0 Å². The number of rotatable bonds is 4. The van der Waals surface area contributed by atoms with Gasteiger partial charge >= 0.3 is 0 Å². The fourth-order valence-electron chi connectivity index (χ4n) is 1.06. The highest BCUT2D eigenvalue weighted by Gasteiger charge is 1.90. The minimum absolute atomic E-state index is 0.107. The topological polar surface area (TPSA) is 29.5 Å². The maximum Gasteiger partial charge on any atom is 0.118 e. The van der Waals surface area contributed by atoms with Crippen LogP contribution in [0.15, 0.2) is 36.4 Å². The third kappa shape index (κ3) is 3.30. The third-order valence-electron chi connectivity index (χ3n) is 1.78. The van der Waals surface area contributed by atoms with Crippen LogP contribution >= 0.6 is 0 Å². The molecule has 0 bridgehead atoms. The van der Waals surface area contributed by atoms with E-state index in [1.54, 1.807) is 13.2 Å². The number of ether oxygens (including phenoxy) is 1. The lowest BCUT2D eigenvalue weighted by atomic mass is 10.1. The second-order valence-electron chi connectivity index (χ2n) is 2.71. The maximum atomic E-state index is 8.52. The van der Waals surface area contributed by atoms with Crippen LogP contribution in [0, 0.1) is 0 Å². The Morgan fingerprint density at radius 3 is 2.46 bits per heavy atom. The van der Waals surface area contributed by atoms with Crippen LogP contribution in [0.4, 0.5) is 0 Å². The molecule has 2 heteroatoms. The Balaban J connectivity index is 2.54. The van der Waals surface area contributed by atoms with Crippen LogP contribution in [0.3, 0.4) is 0 Å². The predicted octanol–water partition coefficient (Wildman–Crippen LogP) is 1.79. The molecule has 0 saturated heterocycles. The SMILES string of the molecule is COc1ccc(CC=CCO)cc1. The van der Waals surface area contributed by atoms with E-state index in [4.69, 9.17) is 9.84 Å². The van der Waals surface area contributed by atoms with Gasteiger partial charge in [-0.05, 0) is 24.1 Å². The summed E-state index contributed by atoms with van der Waals surface area (Å²) in [5, 5.41) is 8.52. The van der Waals surface area contributed by atoms with Gasteiger partial charge in [0.1, 0.15) is 5.75 Å². The molecule has 0 aliphatic heterocycles. The highest BCUT2D eigenvalue weighted by atomic mass is 16.5. The van der Waals surface area contributed by atoms with E-state index in [1.165, 1.54) is 5.56 Å². The minimum Gasteiger partial charge on any atom is -0.497 e. The average Bonchev–Trinajstić information content (AvgIpc) is 2.19. The summed E-state index contributed by atoms with van der Waals surface area (Å²) in [7, 11) is 1.65. The van der Waals surface area contributed by atoms with Crippen molar-refractivity contribution in [3.63, 3.8) is 0 Å². The predicted molar refractivity (Wildman–Crippen MR) is 52.9 cm³/mol.